The number of unbranched alkanes of at least 4 members (excludes halogenated alkanes) is 3. The van der Waals surface area contributed by atoms with Crippen molar-refractivity contribution in [2.24, 2.45) is 5.92 Å². The summed E-state index contributed by atoms with van der Waals surface area (Å²) in [6.07, 6.45) is 14.4. The molecule has 1 aliphatic carbocycles. The fourth-order valence-corrected chi connectivity index (χ4v) is 3.55. The number of nitrogens with zero attached hydrogens (tertiary/aromatic N) is 1. The van der Waals surface area contributed by atoms with Gasteiger partial charge in [-0.25, -0.2) is 0 Å². The number of nitriles is 1. The molecular formula is C22H31NO. The topological polar surface area (TPSA) is 33.0 Å². The first-order valence-electron chi connectivity index (χ1n) is 9.52. The van der Waals surface area contributed by atoms with Gasteiger partial charge in [-0.05, 0) is 81.4 Å². The van der Waals surface area contributed by atoms with Crippen molar-refractivity contribution in [2.75, 3.05) is 13.2 Å². The fourth-order valence-electron chi connectivity index (χ4n) is 3.55. The molecule has 0 N–H and O–H groups in total. The lowest BCUT2D eigenvalue weighted by Gasteiger charge is -2.28. The summed E-state index contributed by atoms with van der Waals surface area (Å²) in [4.78, 5) is 0. The Labute approximate surface area is 147 Å². The maximum absolute atomic E-state index is 8.88. The zero-order valence-electron chi connectivity index (χ0n) is 15.0. The highest BCUT2D eigenvalue weighted by Gasteiger charge is 2.22. The normalized spacial score (nSPS) is 21.0. The maximum Gasteiger partial charge on any atom is 0.0991 e. The second kappa shape index (κ2) is 11.0. The summed E-state index contributed by atoms with van der Waals surface area (Å²) in [5, 5.41) is 8.88. The predicted octanol–water partition coefficient (Wildman–Crippen LogP) is 5.99. The molecule has 2 rings (SSSR count). The summed E-state index contributed by atoms with van der Waals surface area (Å²) in [5.74, 6) is 1.41. The highest BCUT2D eigenvalue weighted by atomic mass is 16.5. The average Bonchev–Trinajstić information content (AvgIpc) is 2.64. The number of hydrogen-bond acceptors (Lipinski definition) is 2. The third-order valence-corrected chi connectivity index (χ3v) is 5.11. The average molecular weight is 325 g/mol. The molecule has 2 nitrogen and oxygen atoms in total. The van der Waals surface area contributed by atoms with Crippen LogP contribution in [0.15, 0.2) is 36.4 Å². The highest BCUT2D eigenvalue weighted by molar-refractivity contribution is 5.33. The van der Waals surface area contributed by atoms with E-state index in [0.717, 1.165) is 24.7 Å². The molecule has 0 radical (unpaired) electrons. The second-order valence-electron chi connectivity index (χ2n) is 6.94. The van der Waals surface area contributed by atoms with Gasteiger partial charge >= 0.3 is 0 Å². The van der Waals surface area contributed by atoms with E-state index in [1.54, 1.807) is 0 Å². The van der Waals surface area contributed by atoms with E-state index >= 15 is 0 Å². The Kier molecular flexibility index (Phi) is 8.63. The molecule has 0 spiro atoms. The van der Waals surface area contributed by atoms with Gasteiger partial charge in [0.05, 0.1) is 11.6 Å². The van der Waals surface area contributed by atoms with Crippen molar-refractivity contribution >= 4 is 0 Å². The first kappa shape index (κ1) is 18.7. The standard InChI is InChI=1S/C22H31NO/c1-2-3-4-5-6-7-16-24-18-20-10-14-22(15-11-20)21-12-8-19(17-23)9-13-21/h2-3,8-9,12-13,20,22H,4-7,10-11,14-16,18H2,1H3. The summed E-state index contributed by atoms with van der Waals surface area (Å²) in [6, 6.07) is 10.3. The minimum Gasteiger partial charge on any atom is -0.381 e. The van der Waals surface area contributed by atoms with Crippen LogP contribution in [0, 0.1) is 17.2 Å². The quantitative estimate of drug-likeness (QED) is 0.413. The molecule has 0 saturated heterocycles. The molecule has 0 bridgehead atoms. The van der Waals surface area contributed by atoms with Crippen molar-refractivity contribution in [3.63, 3.8) is 0 Å². The molecule has 0 unspecified atom stereocenters. The van der Waals surface area contributed by atoms with Gasteiger partial charge < -0.3 is 4.74 Å². The van der Waals surface area contributed by atoms with Crippen LogP contribution in [0.2, 0.25) is 0 Å². The van der Waals surface area contributed by atoms with E-state index in [4.69, 9.17) is 10.00 Å². The van der Waals surface area contributed by atoms with Crippen molar-refractivity contribution in [3.8, 4) is 6.07 Å². The van der Waals surface area contributed by atoms with Crippen LogP contribution >= 0.6 is 0 Å². The molecular weight excluding hydrogens is 294 g/mol. The lowest BCUT2D eigenvalue weighted by atomic mass is 9.79. The zero-order valence-corrected chi connectivity index (χ0v) is 15.0. The summed E-state index contributed by atoms with van der Waals surface area (Å²) >= 11 is 0. The van der Waals surface area contributed by atoms with Crippen molar-refractivity contribution in [2.45, 2.75) is 64.2 Å². The Morgan fingerprint density at radius 3 is 2.50 bits per heavy atom. The molecule has 1 aliphatic rings. The van der Waals surface area contributed by atoms with E-state index < -0.39 is 0 Å². The second-order valence-corrected chi connectivity index (χ2v) is 6.94. The lowest BCUT2D eigenvalue weighted by Crippen LogP contribution is -2.18. The van der Waals surface area contributed by atoms with Crippen LogP contribution in [0.3, 0.4) is 0 Å². The Morgan fingerprint density at radius 2 is 1.83 bits per heavy atom. The number of benzene rings is 1. The van der Waals surface area contributed by atoms with Gasteiger partial charge in [0, 0.05) is 13.2 Å². The van der Waals surface area contributed by atoms with E-state index in [0.29, 0.717) is 5.92 Å². The Morgan fingerprint density at radius 1 is 1.08 bits per heavy atom. The molecule has 0 heterocycles. The predicted molar refractivity (Wildman–Crippen MR) is 100.0 cm³/mol. The molecule has 1 saturated carbocycles. The number of allylic oxidation sites excluding steroid dienone is 2. The van der Waals surface area contributed by atoms with Gasteiger partial charge in [0.25, 0.3) is 0 Å². The first-order chi connectivity index (χ1) is 11.8. The van der Waals surface area contributed by atoms with Crippen molar-refractivity contribution < 1.29 is 4.74 Å². The largest absolute Gasteiger partial charge is 0.381 e. The van der Waals surface area contributed by atoms with Crippen LogP contribution in [0.5, 0.6) is 0 Å². The first-order valence-corrected chi connectivity index (χ1v) is 9.52. The number of ether oxygens (including phenoxy) is 1. The number of rotatable bonds is 9. The fraction of sp³-hybridized carbons (Fsp3) is 0.591. The molecule has 1 fully saturated rings. The third-order valence-electron chi connectivity index (χ3n) is 5.11. The minimum absolute atomic E-state index is 0.667. The Balaban J connectivity index is 1.56. The third kappa shape index (κ3) is 6.49. The van der Waals surface area contributed by atoms with Gasteiger partial charge in [-0.1, -0.05) is 30.7 Å². The van der Waals surface area contributed by atoms with Crippen LogP contribution in [0.1, 0.15) is 75.3 Å². The van der Waals surface area contributed by atoms with Gasteiger partial charge in [0.15, 0.2) is 0 Å². The molecule has 1 aromatic carbocycles. The molecule has 2 heteroatoms. The molecule has 1 aromatic rings. The monoisotopic (exact) mass is 325 g/mol. The van der Waals surface area contributed by atoms with E-state index in [1.807, 2.05) is 12.1 Å². The van der Waals surface area contributed by atoms with E-state index in [2.05, 4.69) is 37.3 Å². The zero-order chi connectivity index (χ0) is 17.0. The van der Waals surface area contributed by atoms with Crippen LogP contribution in [0.4, 0.5) is 0 Å². The number of hydrogen-bond donors (Lipinski definition) is 0. The summed E-state index contributed by atoms with van der Waals surface area (Å²) in [7, 11) is 0. The van der Waals surface area contributed by atoms with E-state index in [1.165, 1.54) is 56.9 Å². The van der Waals surface area contributed by atoms with Crippen molar-refractivity contribution in [1.29, 1.82) is 5.26 Å². The minimum atomic E-state index is 0.667. The van der Waals surface area contributed by atoms with Crippen LogP contribution < -0.4 is 0 Å². The van der Waals surface area contributed by atoms with Crippen LogP contribution in [0.25, 0.3) is 0 Å². The SMILES string of the molecule is CC=CCCCCCOCC1CCC(c2ccc(C#N)cc2)CC1. The van der Waals surface area contributed by atoms with Gasteiger partial charge in [-0.2, -0.15) is 5.26 Å². The van der Waals surface area contributed by atoms with E-state index in [-0.39, 0.29) is 0 Å². The lowest BCUT2D eigenvalue weighted by molar-refractivity contribution is 0.0800. The van der Waals surface area contributed by atoms with E-state index in [9.17, 15) is 0 Å². The molecule has 130 valence electrons. The molecule has 0 aliphatic heterocycles. The summed E-state index contributed by atoms with van der Waals surface area (Å²) < 4.78 is 5.90. The van der Waals surface area contributed by atoms with Gasteiger partial charge in [0.1, 0.15) is 0 Å². The van der Waals surface area contributed by atoms with Crippen molar-refractivity contribution in [1.82, 2.24) is 0 Å². The smallest absolute Gasteiger partial charge is 0.0991 e. The van der Waals surface area contributed by atoms with Gasteiger partial charge in [0.2, 0.25) is 0 Å². The van der Waals surface area contributed by atoms with Gasteiger partial charge in [-0.3, -0.25) is 0 Å². The molecule has 0 amide bonds. The Hall–Kier alpha value is -1.59. The summed E-state index contributed by atoms with van der Waals surface area (Å²) in [5.41, 5.74) is 2.15. The van der Waals surface area contributed by atoms with Crippen LogP contribution in [-0.2, 0) is 4.74 Å². The Bertz CT molecular complexity index is 518. The van der Waals surface area contributed by atoms with Gasteiger partial charge in [-0.15, -0.1) is 0 Å². The molecule has 0 aromatic heterocycles. The molecule has 24 heavy (non-hydrogen) atoms. The maximum atomic E-state index is 8.88. The highest BCUT2D eigenvalue weighted by Crippen LogP contribution is 2.35. The van der Waals surface area contributed by atoms with Crippen LogP contribution in [-0.4, -0.2) is 13.2 Å². The molecule has 0 atom stereocenters. The van der Waals surface area contributed by atoms with Crippen molar-refractivity contribution in [3.05, 3.63) is 47.5 Å². The summed E-state index contributed by atoms with van der Waals surface area (Å²) in [6.45, 7) is 3.94.